The first-order valence-electron chi connectivity index (χ1n) is 12.0. The highest BCUT2D eigenvalue weighted by Gasteiger charge is 2.41. The van der Waals surface area contributed by atoms with Crippen molar-refractivity contribution in [3.05, 3.63) is 80.6 Å². The van der Waals surface area contributed by atoms with E-state index < -0.39 is 5.92 Å². The zero-order valence-corrected chi connectivity index (χ0v) is 21.2. The van der Waals surface area contributed by atoms with Gasteiger partial charge in [-0.1, -0.05) is 28.1 Å². The Morgan fingerprint density at radius 1 is 1.00 bits per heavy atom. The van der Waals surface area contributed by atoms with Crippen LogP contribution in [0, 0.1) is 6.92 Å². The zero-order valence-electron chi connectivity index (χ0n) is 19.6. The molecule has 2 aliphatic carbocycles. The Labute approximate surface area is 212 Å². The van der Waals surface area contributed by atoms with Gasteiger partial charge in [-0.3, -0.25) is 14.4 Å². The Morgan fingerprint density at radius 3 is 2.34 bits per heavy atom. The summed E-state index contributed by atoms with van der Waals surface area (Å²) in [4.78, 5) is 38.9. The van der Waals surface area contributed by atoms with E-state index in [2.05, 4.69) is 26.6 Å². The van der Waals surface area contributed by atoms with Crippen LogP contribution in [-0.4, -0.2) is 24.1 Å². The van der Waals surface area contributed by atoms with Crippen LogP contribution in [-0.2, 0) is 14.4 Å². The highest BCUT2D eigenvalue weighted by Crippen LogP contribution is 2.48. The van der Waals surface area contributed by atoms with Crippen molar-refractivity contribution in [2.45, 2.75) is 51.4 Å². The maximum atomic E-state index is 13.1. The van der Waals surface area contributed by atoms with E-state index in [9.17, 15) is 14.4 Å². The molecule has 0 spiro atoms. The Hall–Kier alpha value is -3.19. The third kappa shape index (κ3) is 4.82. The zero-order chi connectivity index (χ0) is 24.5. The number of carbonyl (C=O) groups excluding carboxylic acids is 3. The molecule has 7 heteroatoms. The number of benzene rings is 2. The summed E-state index contributed by atoms with van der Waals surface area (Å²) in [6.45, 7) is 1.78. The predicted octanol–water partition coefficient (Wildman–Crippen LogP) is 5.48. The van der Waals surface area contributed by atoms with E-state index >= 15 is 0 Å². The summed E-state index contributed by atoms with van der Waals surface area (Å²) in [7, 11) is 0. The lowest BCUT2D eigenvalue weighted by atomic mass is 9.71. The number of ketones is 2. The summed E-state index contributed by atoms with van der Waals surface area (Å²) < 4.78 is 6.84. The van der Waals surface area contributed by atoms with Gasteiger partial charge in [-0.15, -0.1) is 0 Å². The molecule has 5 rings (SSSR count). The average molecular weight is 535 g/mol. The molecular weight excluding hydrogens is 508 g/mol. The van der Waals surface area contributed by atoms with Gasteiger partial charge < -0.3 is 15.4 Å². The van der Waals surface area contributed by atoms with Gasteiger partial charge in [0.1, 0.15) is 5.75 Å². The second-order valence-corrected chi connectivity index (χ2v) is 10.2. The van der Waals surface area contributed by atoms with Crippen LogP contribution in [0.3, 0.4) is 0 Å². The van der Waals surface area contributed by atoms with Crippen LogP contribution in [0.4, 0.5) is 5.69 Å². The number of amides is 1. The minimum absolute atomic E-state index is 0.0665. The van der Waals surface area contributed by atoms with E-state index in [1.165, 1.54) is 0 Å². The number of anilines is 1. The second-order valence-electron chi connectivity index (χ2n) is 9.28. The summed E-state index contributed by atoms with van der Waals surface area (Å²) in [5.41, 5.74) is 5.65. The SMILES string of the molecule is Cc1cccc(NC(=O)COc2ccc(Br)cc2C2C3=C(CCCC3=O)NC3=C2C(=O)CCC3)c1. The smallest absolute Gasteiger partial charge is 0.262 e. The topological polar surface area (TPSA) is 84.5 Å². The molecule has 3 aliphatic rings. The van der Waals surface area contributed by atoms with Crippen molar-refractivity contribution in [1.82, 2.24) is 5.32 Å². The van der Waals surface area contributed by atoms with Gasteiger partial charge >= 0.3 is 0 Å². The third-order valence-electron chi connectivity index (χ3n) is 6.73. The summed E-state index contributed by atoms with van der Waals surface area (Å²) in [6, 6.07) is 13.1. The molecule has 1 aliphatic heterocycles. The first-order chi connectivity index (χ1) is 16.9. The van der Waals surface area contributed by atoms with Crippen molar-refractivity contribution in [3.63, 3.8) is 0 Å². The Kier molecular flexibility index (Phi) is 6.60. The summed E-state index contributed by atoms with van der Waals surface area (Å²) >= 11 is 3.55. The van der Waals surface area contributed by atoms with E-state index in [0.717, 1.165) is 52.7 Å². The Bertz CT molecular complexity index is 1250. The van der Waals surface area contributed by atoms with Crippen LogP contribution < -0.4 is 15.4 Å². The van der Waals surface area contributed by atoms with E-state index in [-0.39, 0.29) is 24.1 Å². The minimum Gasteiger partial charge on any atom is -0.483 e. The maximum absolute atomic E-state index is 13.1. The molecule has 0 fully saturated rings. The van der Waals surface area contributed by atoms with Crippen molar-refractivity contribution < 1.29 is 19.1 Å². The van der Waals surface area contributed by atoms with E-state index in [4.69, 9.17) is 4.74 Å². The molecular formula is C28H27BrN2O4. The van der Waals surface area contributed by atoms with Gasteiger partial charge in [0.25, 0.3) is 5.91 Å². The van der Waals surface area contributed by atoms with Gasteiger partial charge in [0.15, 0.2) is 18.2 Å². The lowest BCUT2D eigenvalue weighted by Gasteiger charge is -2.37. The summed E-state index contributed by atoms with van der Waals surface area (Å²) in [5.74, 6) is -0.144. The molecule has 0 radical (unpaired) electrons. The molecule has 180 valence electrons. The third-order valence-corrected chi connectivity index (χ3v) is 7.23. The highest BCUT2D eigenvalue weighted by atomic mass is 79.9. The quantitative estimate of drug-likeness (QED) is 0.530. The molecule has 0 unspecified atom stereocenters. The Morgan fingerprint density at radius 2 is 1.69 bits per heavy atom. The van der Waals surface area contributed by atoms with Crippen LogP contribution in [0.15, 0.2) is 69.5 Å². The number of allylic oxidation sites excluding steroid dienone is 4. The number of hydrogen-bond acceptors (Lipinski definition) is 5. The molecule has 2 N–H and O–H groups in total. The lowest BCUT2D eigenvalue weighted by molar-refractivity contribution is -0.119. The van der Waals surface area contributed by atoms with Crippen LogP contribution in [0.2, 0.25) is 0 Å². The van der Waals surface area contributed by atoms with Gasteiger partial charge in [0.05, 0.1) is 0 Å². The van der Waals surface area contributed by atoms with Gasteiger partial charge in [-0.25, -0.2) is 0 Å². The number of halogens is 1. The molecule has 35 heavy (non-hydrogen) atoms. The molecule has 0 bridgehead atoms. The minimum atomic E-state index is -0.491. The standard InChI is InChI=1S/C28H27BrN2O4/c1-16-5-2-6-18(13-16)30-25(34)15-35-24-12-11-17(29)14-19(24)26-27-20(7-3-9-22(27)32)31-21-8-4-10-23(33)28(21)26/h2,5-6,11-14,26,31H,3-4,7-10,15H2,1H3,(H,30,34). The van der Waals surface area contributed by atoms with Crippen LogP contribution in [0.1, 0.15) is 55.6 Å². The first-order valence-corrected chi connectivity index (χ1v) is 12.8. The van der Waals surface area contributed by atoms with Crippen LogP contribution in [0.25, 0.3) is 0 Å². The monoisotopic (exact) mass is 534 g/mol. The fourth-order valence-corrected chi connectivity index (χ4v) is 5.61. The summed E-state index contributed by atoms with van der Waals surface area (Å²) in [5, 5.41) is 6.29. The number of ether oxygens (including phenoxy) is 1. The first kappa shape index (κ1) is 23.5. The second kappa shape index (κ2) is 9.82. The fraction of sp³-hybridized carbons (Fsp3) is 0.321. The number of hydrogen-bond donors (Lipinski definition) is 2. The normalized spacial score (nSPS) is 18.1. The molecule has 0 atom stereocenters. The van der Waals surface area contributed by atoms with E-state index in [1.807, 2.05) is 43.3 Å². The van der Waals surface area contributed by atoms with E-state index in [1.54, 1.807) is 6.07 Å². The number of rotatable bonds is 5. The van der Waals surface area contributed by atoms with Crippen molar-refractivity contribution >= 4 is 39.1 Å². The maximum Gasteiger partial charge on any atom is 0.262 e. The Balaban J connectivity index is 1.49. The summed E-state index contributed by atoms with van der Waals surface area (Å²) in [6.07, 6.45) is 4.11. The van der Waals surface area contributed by atoms with Crippen molar-refractivity contribution in [2.75, 3.05) is 11.9 Å². The fourth-order valence-electron chi connectivity index (χ4n) is 5.23. The van der Waals surface area contributed by atoms with Crippen LogP contribution in [0.5, 0.6) is 5.75 Å². The molecule has 6 nitrogen and oxygen atoms in total. The van der Waals surface area contributed by atoms with E-state index in [0.29, 0.717) is 35.4 Å². The highest BCUT2D eigenvalue weighted by molar-refractivity contribution is 9.10. The number of Topliss-reactive ketones (excluding diaryl/α,β-unsaturated/α-hetero) is 2. The van der Waals surface area contributed by atoms with Gasteiger partial charge in [0, 0.05) is 57.0 Å². The van der Waals surface area contributed by atoms with Crippen LogP contribution >= 0.6 is 15.9 Å². The van der Waals surface area contributed by atoms with Crippen molar-refractivity contribution in [2.24, 2.45) is 0 Å². The lowest BCUT2D eigenvalue weighted by Crippen LogP contribution is -2.36. The largest absolute Gasteiger partial charge is 0.483 e. The van der Waals surface area contributed by atoms with Crippen molar-refractivity contribution in [1.29, 1.82) is 0 Å². The number of carbonyl (C=O) groups is 3. The number of dihydropyridines is 1. The average Bonchev–Trinajstić information content (AvgIpc) is 2.82. The molecule has 2 aromatic rings. The van der Waals surface area contributed by atoms with Crippen molar-refractivity contribution in [3.8, 4) is 5.75 Å². The van der Waals surface area contributed by atoms with Gasteiger partial charge in [-0.05, 0) is 68.5 Å². The molecule has 0 saturated carbocycles. The number of aryl methyl sites for hydroxylation is 1. The molecule has 0 saturated heterocycles. The predicted molar refractivity (Wildman–Crippen MR) is 137 cm³/mol. The molecule has 0 aromatic heterocycles. The van der Waals surface area contributed by atoms with Gasteiger partial charge in [-0.2, -0.15) is 0 Å². The number of nitrogens with one attached hydrogen (secondary N) is 2. The molecule has 1 heterocycles. The van der Waals surface area contributed by atoms with Gasteiger partial charge in [0.2, 0.25) is 0 Å². The molecule has 2 aromatic carbocycles. The molecule has 1 amide bonds.